The number of esters is 1. The number of carbonyl (C=O) groups excluding carboxylic acids is 1. The number of alkyl halides is 3. The van der Waals surface area contributed by atoms with E-state index in [0.29, 0.717) is 5.69 Å². The van der Waals surface area contributed by atoms with Crippen LogP contribution < -0.4 is 4.74 Å². The third kappa shape index (κ3) is 4.19. The average Bonchev–Trinajstić information content (AvgIpc) is 2.40. The van der Waals surface area contributed by atoms with E-state index in [1.54, 1.807) is 6.92 Å². The van der Waals surface area contributed by atoms with Gasteiger partial charge in [-0.3, -0.25) is 0 Å². The lowest BCUT2D eigenvalue weighted by Gasteiger charge is -2.11. The van der Waals surface area contributed by atoms with Gasteiger partial charge in [-0.1, -0.05) is 12.1 Å². The highest BCUT2D eigenvalue weighted by Crippen LogP contribution is 2.41. The SMILES string of the molecule is Cc1nnccc1C(=O)Oc1ccccc1SC(F)(F)F. The molecule has 0 bridgehead atoms. The minimum atomic E-state index is -4.46. The van der Waals surface area contributed by atoms with E-state index in [2.05, 4.69) is 10.2 Å². The summed E-state index contributed by atoms with van der Waals surface area (Å²) in [6, 6.07) is 6.85. The molecular formula is C13H9F3N2O2S. The number of benzene rings is 1. The standard InChI is InChI=1S/C13H9F3N2O2S/c1-8-9(6-7-17-18-8)12(19)20-10-4-2-3-5-11(10)21-13(14,15)16/h2-7H,1H3. The number of hydrogen-bond acceptors (Lipinski definition) is 5. The first-order chi connectivity index (χ1) is 9.87. The number of carbonyl (C=O) groups is 1. The smallest absolute Gasteiger partial charge is 0.422 e. The molecule has 0 saturated carbocycles. The van der Waals surface area contributed by atoms with Crippen molar-refractivity contribution in [2.75, 3.05) is 0 Å². The van der Waals surface area contributed by atoms with Gasteiger partial charge in [0, 0.05) is 0 Å². The molecule has 1 heterocycles. The number of hydrogen-bond donors (Lipinski definition) is 0. The summed E-state index contributed by atoms with van der Waals surface area (Å²) in [4.78, 5) is 11.8. The van der Waals surface area contributed by atoms with Crippen molar-refractivity contribution in [3.8, 4) is 5.75 Å². The van der Waals surface area contributed by atoms with Crippen molar-refractivity contribution in [1.29, 1.82) is 0 Å². The van der Waals surface area contributed by atoms with Gasteiger partial charge in [0.05, 0.1) is 22.3 Å². The lowest BCUT2D eigenvalue weighted by molar-refractivity contribution is -0.0329. The molecule has 1 aromatic heterocycles. The molecule has 110 valence electrons. The van der Waals surface area contributed by atoms with Gasteiger partial charge in [-0.2, -0.15) is 23.4 Å². The van der Waals surface area contributed by atoms with Gasteiger partial charge in [-0.25, -0.2) is 4.79 Å². The summed E-state index contributed by atoms with van der Waals surface area (Å²) in [5.74, 6) is -0.932. The lowest BCUT2D eigenvalue weighted by Crippen LogP contribution is -2.12. The Morgan fingerprint density at radius 3 is 2.62 bits per heavy atom. The first-order valence-electron chi connectivity index (χ1n) is 5.72. The minimum absolute atomic E-state index is 0.150. The maximum absolute atomic E-state index is 12.5. The van der Waals surface area contributed by atoms with E-state index in [1.807, 2.05) is 0 Å². The summed E-state index contributed by atoms with van der Waals surface area (Å²) in [7, 11) is 0. The number of halogens is 3. The summed E-state index contributed by atoms with van der Waals surface area (Å²) in [5.41, 5.74) is -3.98. The Morgan fingerprint density at radius 2 is 1.95 bits per heavy atom. The monoisotopic (exact) mass is 314 g/mol. The molecule has 0 atom stereocenters. The number of rotatable bonds is 3. The van der Waals surface area contributed by atoms with Crippen molar-refractivity contribution in [1.82, 2.24) is 10.2 Å². The van der Waals surface area contributed by atoms with Gasteiger partial charge in [0.2, 0.25) is 0 Å². The number of aromatic nitrogens is 2. The number of thioether (sulfide) groups is 1. The van der Waals surface area contributed by atoms with E-state index in [-0.39, 0.29) is 28.0 Å². The summed E-state index contributed by atoms with van der Waals surface area (Å²) in [6.07, 6.45) is 1.31. The van der Waals surface area contributed by atoms with Gasteiger partial charge >= 0.3 is 11.5 Å². The Hall–Kier alpha value is -2.09. The molecule has 21 heavy (non-hydrogen) atoms. The second-order valence-electron chi connectivity index (χ2n) is 3.91. The molecule has 0 fully saturated rings. The van der Waals surface area contributed by atoms with E-state index < -0.39 is 11.5 Å². The Labute approximate surface area is 122 Å². The van der Waals surface area contributed by atoms with Crippen molar-refractivity contribution < 1.29 is 22.7 Å². The summed E-state index contributed by atoms with van der Waals surface area (Å²) < 4.78 is 42.4. The van der Waals surface area contributed by atoms with E-state index >= 15 is 0 Å². The van der Waals surface area contributed by atoms with Crippen LogP contribution in [0.5, 0.6) is 5.75 Å². The van der Waals surface area contributed by atoms with Crippen LogP contribution in [0, 0.1) is 6.92 Å². The maximum Gasteiger partial charge on any atom is 0.446 e. The number of para-hydroxylation sites is 1. The van der Waals surface area contributed by atoms with Crippen LogP contribution in [0.4, 0.5) is 13.2 Å². The Kier molecular flexibility index (Phi) is 4.46. The van der Waals surface area contributed by atoms with Gasteiger partial charge in [0.15, 0.2) is 0 Å². The number of aryl methyl sites for hydroxylation is 1. The number of nitrogens with zero attached hydrogens (tertiary/aromatic N) is 2. The fraction of sp³-hybridized carbons (Fsp3) is 0.154. The zero-order valence-electron chi connectivity index (χ0n) is 10.7. The topological polar surface area (TPSA) is 52.1 Å². The summed E-state index contributed by atoms with van der Waals surface area (Å²) >= 11 is -0.336. The molecule has 4 nitrogen and oxygen atoms in total. The van der Waals surface area contributed by atoms with Crippen LogP contribution in [0.25, 0.3) is 0 Å². The molecule has 0 amide bonds. The van der Waals surface area contributed by atoms with Gasteiger partial charge in [-0.05, 0) is 36.9 Å². The molecular weight excluding hydrogens is 305 g/mol. The van der Waals surface area contributed by atoms with Crippen LogP contribution in [-0.4, -0.2) is 21.7 Å². The summed E-state index contributed by atoms with van der Waals surface area (Å²) in [5, 5.41) is 7.28. The molecule has 1 aromatic carbocycles. The van der Waals surface area contributed by atoms with Crippen molar-refractivity contribution >= 4 is 17.7 Å². The highest BCUT2D eigenvalue weighted by Gasteiger charge is 2.31. The maximum atomic E-state index is 12.5. The van der Waals surface area contributed by atoms with Crippen molar-refractivity contribution in [3.63, 3.8) is 0 Å². The Balaban J connectivity index is 2.24. The first kappa shape index (κ1) is 15.3. The fourth-order valence-corrected chi connectivity index (χ4v) is 2.12. The molecule has 2 aromatic rings. The molecule has 0 spiro atoms. The molecule has 2 rings (SSSR count). The molecule has 0 saturated heterocycles. The molecule has 0 aliphatic heterocycles. The Bertz CT molecular complexity index is 662. The molecule has 0 N–H and O–H groups in total. The molecule has 0 radical (unpaired) electrons. The van der Waals surface area contributed by atoms with Gasteiger partial charge in [0.25, 0.3) is 0 Å². The zero-order chi connectivity index (χ0) is 15.5. The molecule has 0 unspecified atom stereocenters. The van der Waals surface area contributed by atoms with Gasteiger partial charge in [-0.15, -0.1) is 0 Å². The predicted octanol–water partition coefficient (Wildman–Crippen LogP) is 3.62. The van der Waals surface area contributed by atoms with E-state index in [9.17, 15) is 18.0 Å². The summed E-state index contributed by atoms with van der Waals surface area (Å²) in [6.45, 7) is 1.56. The minimum Gasteiger partial charge on any atom is -0.422 e. The lowest BCUT2D eigenvalue weighted by atomic mass is 10.2. The van der Waals surface area contributed by atoms with Gasteiger partial charge < -0.3 is 4.74 Å². The van der Waals surface area contributed by atoms with Crippen molar-refractivity contribution in [3.05, 3.63) is 47.8 Å². The van der Waals surface area contributed by atoms with Crippen LogP contribution in [0.2, 0.25) is 0 Å². The largest absolute Gasteiger partial charge is 0.446 e. The van der Waals surface area contributed by atoms with Crippen molar-refractivity contribution in [2.24, 2.45) is 0 Å². The van der Waals surface area contributed by atoms with Crippen molar-refractivity contribution in [2.45, 2.75) is 17.3 Å². The first-order valence-corrected chi connectivity index (χ1v) is 6.54. The fourth-order valence-electron chi connectivity index (χ4n) is 1.52. The normalized spacial score (nSPS) is 11.2. The van der Waals surface area contributed by atoms with E-state index in [4.69, 9.17) is 4.74 Å². The van der Waals surface area contributed by atoms with Crippen LogP contribution in [0.15, 0.2) is 41.4 Å². The second-order valence-corrected chi connectivity index (χ2v) is 5.02. The highest BCUT2D eigenvalue weighted by molar-refractivity contribution is 8.00. The second kappa shape index (κ2) is 6.13. The third-order valence-corrected chi connectivity index (χ3v) is 3.19. The zero-order valence-corrected chi connectivity index (χ0v) is 11.5. The average molecular weight is 314 g/mol. The molecule has 0 aliphatic carbocycles. The third-order valence-electron chi connectivity index (χ3n) is 2.40. The van der Waals surface area contributed by atoms with E-state index in [0.717, 1.165) is 0 Å². The van der Waals surface area contributed by atoms with Crippen LogP contribution in [-0.2, 0) is 0 Å². The number of ether oxygens (including phenoxy) is 1. The van der Waals surface area contributed by atoms with Crippen LogP contribution in [0.3, 0.4) is 0 Å². The van der Waals surface area contributed by atoms with Gasteiger partial charge in [0.1, 0.15) is 5.75 Å². The quantitative estimate of drug-likeness (QED) is 0.492. The molecule has 8 heteroatoms. The van der Waals surface area contributed by atoms with Crippen LogP contribution in [0.1, 0.15) is 16.1 Å². The molecule has 0 aliphatic rings. The Morgan fingerprint density at radius 1 is 1.24 bits per heavy atom. The van der Waals surface area contributed by atoms with Crippen LogP contribution >= 0.6 is 11.8 Å². The highest BCUT2D eigenvalue weighted by atomic mass is 32.2. The van der Waals surface area contributed by atoms with E-state index in [1.165, 1.54) is 36.5 Å². The predicted molar refractivity (Wildman–Crippen MR) is 70.1 cm³/mol.